The lowest BCUT2D eigenvalue weighted by molar-refractivity contribution is 0.242. The fourth-order valence-electron chi connectivity index (χ4n) is 2.04. The van der Waals surface area contributed by atoms with Gasteiger partial charge in [0, 0.05) is 24.0 Å². The topological polar surface area (TPSA) is 52.0 Å². The standard InChI is InChI=1S/C12H18N4S/c1-9-10(2)17-12(14-9)15-11-3-6-16(7-4-11)8-5-13/h11H,3-4,6-8H2,1-2H3,(H,14,15). The van der Waals surface area contributed by atoms with Gasteiger partial charge in [-0.05, 0) is 26.7 Å². The summed E-state index contributed by atoms with van der Waals surface area (Å²) in [5, 5.41) is 13.2. The van der Waals surface area contributed by atoms with Crippen LogP contribution in [0.25, 0.3) is 0 Å². The highest BCUT2D eigenvalue weighted by molar-refractivity contribution is 7.15. The van der Waals surface area contributed by atoms with Crippen LogP contribution in [-0.4, -0.2) is 35.6 Å². The molecule has 1 fully saturated rings. The molecule has 1 aromatic rings. The second-order valence-electron chi connectivity index (χ2n) is 4.51. The molecule has 0 spiro atoms. The minimum Gasteiger partial charge on any atom is -0.359 e. The molecule has 1 aliphatic rings. The number of thiazole rings is 1. The summed E-state index contributed by atoms with van der Waals surface area (Å²) < 4.78 is 0. The number of nitrogens with zero attached hydrogens (tertiary/aromatic N) is 3. The van der Waals surface area contributed by atoms with Gasteiger partial charge < -0.3 is 5.32 Å². The van der Waals surface area contributed by atoms with Gasteiger partial charge in [0.05, 0.1) is 18.3 Å². The lowest BCUT2D eigenvalue weighted by Gasteiger charge is -2.30. The maximum atomic E-state index is 8.64. The number of likely N-dealkylation sites (tertiary alicyclic amines) is 1. The zero-order valence-electron chi connectivity index (χ0n) is 10.4. The van der Waals surface area contributed by atoms with Gasteiger partial charge in [-0.3, -0.25) is 4.90 Å². The number of hydrogen-bond acceptors (Lipinski definition) is 5. The second kappa shape index (κ2) is 5.48. The molecule has 0 aromatic carbocycles. The van der Waals surface area contributed by atoms with Gasteiger partial charge in [-0.15, -0.1) is 11.3 Å². The van der Waals surface area contributed by atoms with E-state index in [4.69, 9.17) is 5.26 Å². The molecule has 2 rings (SSSR count). The van der Waals surface area contributed by atoms with E-state index in [-0.39, 0.29) is 0 Å². The van der Waals surface area contributed by atoms with Crippen LogP contribution in [-0.2, 0) is 0 Å². The molecule has 1 aliphatic heterocycles. The van der Waals surface area contributed by atoms with Crippen LogP contribution in [0.5, 0.6) is 0 Å². The molecular weight excluding hydrogens is 232 g/mol. The number of nitriles is 1. The van der Waals surface area contributed by atoms with Gasteiger partial charge >= 0.3 is 0 Å². The maximum Gasteiger partial charge on any atom is 0.183 e. The van der Waals surface area contributed by atoms with E-state index in [1.807, 2.05) is 6.92 Å². The molecule has 0 radical (unpaired) electrons. The fourth-order valence-corrected chi connectivity index (χ4v) is 2.94. The SMILES string of the molecule is Cc1nc(NC2CCN(CC#N)CC2)sc1C. The zero-order valence-corrected chi connectivity index (χ0v) is 11.2. The minimum atomic E-state index is 0.509. The number of piperidine rings is 1. The quantitative estimate of drug-likeness (QED) is 0.835. The van der Waals surface area contributed by atoms with Gasteiger partial charge in [0.25, 0.3) is 0 Å². The highest BCUT2D eigenvalue weighted by atomic mass is 32.1. The Labute approximate surface area is 106 Å². The largest absolute Gasteiger partial charge is 0.359 e. The van der Waals surface area contributed by atoms with E-state index in [9.17, 15) is 0 Å². The van der Waals surface area contributed by atoms with E-state index in [2.05, 4.69) is 28.2 Å². The summed E-state index contributed by atoms with van der Waals surface area (Å²) in [5.74, 6) is 0. The van der Waals surface area contributed by atoms with Crippen molar-refractivity contribution >= 4 is 16.5 Å². The van der Waals surface area contributed by atoms with Gasteiger partial charge in [0.2, 0.25) is 0 Å². The lowest BCUT2D eigenvalue weighted by atomic mass is 10.1. The van der Waals surface area contributed by atoms with E-state index in [0.717, 1.165) is 36.8 Å². The van der Waals surface area contributed by atoms with Crippen LogP contribution in [0.1, 0.15) is 23.4 Å². The highest BCUT2D eigenvalue weighted by Gasteiger charge is 2.19. The number of anilines is 1. The summed E-state index contributed by atoms with van der Waals surface area (Å²) in [6.07, 6.45) is 2.19. The van der Waals surface area contributed by atoms with Gasteiger partial charge in [-0.25, -0.2) is 4.98 Å². The van der Waals surface area contributed by atoms with Crippen molar-refractivity contribution in [3.63, 3.8) is 0 Å². The number of hydrogen-bond donors (Lipinski definition) is 1. The van der Waals surface area contributed by atoms with Crippen molar-refractivity contribution in [1.82, 2.24) is 9.88 Å². The molecule has 1 aromatic heterocycles. The first kappa shape index (κ1) is 12.3. The van der Waals surface area contributed by atoms with Crippen LogP contribution in [0, 0.1) is 25.2 Å². The van der Waals surface area contributed by atoms with Crippen molar-refractivity contribution in [3.05, 3.63) is 10.6 Å². The summed E-state index contributed by atoms with van der Waals surface area (Å²) >= 11 is 1.73. The fraction of sp³-hybridized carbons (Fsp3) is 0.667. The average Bonchev–Trinajstić information content (AvgIpc) is 2.61. The molecule has 0 amide bonds. The van der Waals surface area contributed by atoms with Crippen LogP contribution in [0.15, 0.2) is 0 Å². The van der Waals surface area contributed by atoms with Gasteiger partial charge in [-0.2, -0.15) is 5.26 Å². The summed E-state index contributed by atoms with van der Waals surface area (Å²) in [6.45, 7) is 6.73. The average molecular weight is 250 g/mol. The molecule has 1 N–H and O–H groups in total. The molecule has 2 heterocycles. The molecule has 4 nitrogen and oxygen atoms in total. The Bertz CT molecular complexity index is 393. The van der Waals surface area contributed by atoms with Crippen molar-refractivity contribution < 1.29 is 0 Å². The molecule has 0 saturated carbocycles. The van der Waals surface area contributed by atoms with Crippen LogP contribution in [0.4, 0.5) is 5.13 Å². The molecule has 0 bridgehead atoms. The summed E-state index contributed by atoms with van der Waals surface area (Å²) in [6, 6.07) is 2.72. The summed E-state index contributed by atoms with van der Waals surface area (Å²) in [7, 11) is 0. The Morgan fingerprint density at radius 1 is 1.47 bits per heavy atom. The normalized spacial score (nSPS) is 17.9. The molecule has 0 atom stereocenters. The first-order valence-corrected chi connectivity index (χ1v) is 6.80. The molecule has 0 unspecified atom stereocenters. The third kappa shape index (κ3) is 3.18. The third-order valence-corrected chi connectivity index (χ3v) is 4.24. The Hall–Kier alpha value is -1.12. The monoisotopic (exact) mass is 250 g/mol. The number of nitrogens with one attached hydrogen (secondary N) is 1. The predicted molar refractivity (Wildman–Crippen MR) is 70.3 cm³/mol. The predicted octanol–water partition coefficient (Wildman–Crippen LogP) is 2.16. The van der Waals surface area contributed by atoms with E-state index >= 15 is 0 Å². The molecule has 1 saturated heterocycles. The third-order valence-electron chi connectivity index (χ3n) is 3.24. The molecule has 5 heteroatoms. The second-order valence-corrected chi connectivity index (χ2v) is 5.72. The van der Waals surface area contributed by atoms with Crippen LogP contribution < -0.4 is 5.32 Å². The van der Waals surface area contributed by atoms with Crippen LogP contribution >= 0.6 is 11.3 Å². The maximum absolute atomic E-state index is 8.64. The van der Waals surface area contributed by atoms with E-state index in [1.54, 1.807) is 11.3 Å². The minimum absolute atomic E-state index is 0.509. The van der Waals surface area contributed by atoms with E-state index in [1.165, 1.54) is 4.88 Å². The number of aryl methyl sites for hydroxylation is 2. The van der Waals surface area contributed by atoms with Gasteiger partial charge in [0.1, 0.15) is 0 Å². The van der Waals surface area contributed by atoms with Crippen molar-refractivity contribution in [2.24, 2.45) is 0 Å². The molecular formula is C12H18N4S. The smallest absolute Gasteiger partial charge is 0.183 e. The molecule has 17 heavy (non-hydrogen) atoms. The summed E-state index contributed by atoms with van der Waals surface area (Å²) in [4.78, 5) is 7.99. The van der Waals surface area contributed by atoms with E-state index < -0.39 is 0 Å². The summed E-state index contributed by atoms with van der Waals surface area (Å²) in [5.41, 5.74) is 1.12. The van der Waals surface area contributed by atoms with Crippen molar-refractivity contribution in [1.29, 1.82) is 5.26 Å². The van der Waals surface area contributed by atoms with Crippen molar-refractivity contribution in [2.45, 2.75) is 32.7 Å². The zero-order chi connectivity index (χ0) is 12.3. The molecule has 0 aliphatic carbocycles. The number of aromatic nitrogens is 1. The number of rotatable bonds is 3. The van der Waals surface area contributed by atoms with Gasteiger partial charge in [-0.1, -0.05) is 0 Å². The Morgan fingerprint density at radius 2 is 2.18 bits per heavy atom. The van der Waals surface area contributed by atoms with Gasteiger partial charge in [0.15, 0.2) is 5.13 Å². The van der Waals surface area contributed by atoms with Crippen molar-refractivity contribution in [2.75, 3.05) is 25.0 Å². The Balaban J connectivity index is 1.84. The first-order valence-electron chi connectivity index (χ1n) is 5.99. The van der Waals surface area contributed by atoms with E-state index in [0.29, 0.717) is 12.6 Å². The van der Waals surface area contributed by atoms with Crippen LogP contribution in [0.2, 0.25) is 0 Å². The van der Waals surface area contributed by atoms with Crippen LogP contribution in [0.3, 0.4) is 0 Å². The van der Waals surface area contributed by atoms with Crippen molar-refractivity contribution in [3.8, 4) is 6.07 Å². The Kier molecular flexibility index (Phi) is 3.97. The molecule has 92 valence electrons. The Morgan fingerprint density at radius 3 is 2.71 bits per heavy atom. The lowest BCUT2D eigenvalue weighted by Crippen LogP contribution is -2.39. The first-order chi connectivity index (χ1) is 8.19. The highest BCUT2D eigenvalue weighted by Crippen LogP contribution is 2.23.